The Kier molecular flexibility index (Phi) is 4.73. The average molecular weight is 297 g/mol. The minimum absolute atomic E-state index is 0.203. The molecule has 0 spiro atoms. The molecule has 106 valence electrons. The maximum absolute atomic E-state index is 13.0. The first kappa shape index (κ1) is 14.9. The Morgan fingerprint density at radius 2 is 1.65 bits per heavy atom. The van der Waals surface area contributed by atoms with Crippen LogP contribution in [-0.2, 0) is 12.6 Å². The minimum atomic E-state index is -4.35. The third kappa shape index (κ3) is 3.77. The topological polar surface area (TPSA) is 26.0 Å². The van der Waals surface area contributed by atoms with Crippen LogP contribution in [0, 0.1) is 0 Å². The molecule has 1 nitrogen and oxygen atoms in total. The van der Waals surface area contributed by atoms with Crippen molar-refractivity contribution in [3.8, 4) is 0 Å². The molecular weight excluding hydrogens is 283 g/mol. The summed E-state index contributed by atoms with van der Waals surface area (Å²) in [5.41, 5.74) is 5.02. The number of hydrogen-bond acceptors (Lipinski definition) is 2. The normalized spacial score (nSPS) is 11.6. The van der Waals surface area contributed by atoms with E-state index in [0.717, 1.165) is 4.90 Å². The molecule has 0 aliphatic carbocycles. The van der Waals surface area contributed by atoms with E-state index >= 15 is 0 Å². The zero-order valence-corrected chi connectivity index (χ0v) is 11.5. The fraction of sp³-hybridized carbons (Fsp3) is 0.200. The molecule has 0 aliphatic rings. The zero-order chi connectivity index (χ0) is 14.6. The maximum Gasteiger partial charge on any atom is 0.416 e. The molecule has 2 N–H and O–H groups in total. The Labute approximate surface area is 120 Å². The van der Waals surface area contributed by atoms with Crippen LogP contribution in [0.25, 0.3) is 0 Å². The van der Waals surface area contributed by atoms with Gasteiger partial charge in [0.1, 0.15) is 0 Å². The first-order chi connectivity index (χ1) is 9.50. The van der Waals surface area contributed by atoms with Gasteiger partial charge in [-0.3, -0.25) is 0 Å². The summed E-state index contributed by atoms with van der Waals surface area (Å²) in [6.45, 7) is 0.203. The Hall–Kier alpha value is -1.46. The predicted octanol–water partition coefficient (Wildman–Crippen LogP) is 4.36. The van der Waals surface area contributed by atoms with Gasteiger partial charge in [-0.2, -0.15) is 13.2 Å². The van der Waals surface area contributed by atoms with Crippen LogP contribution in [-0.4, -0.2) is 6.54 Å². The molecule has 0 aliphatic heterocycles. The van der Waals surface area contributed by atoms with Crippen LogP contribution < -0.4 is 5.73 Å². The second-order valence-electron chi connectivity index (χ2n) is 4.27. The molecule has 0 saturated heterocycles. The van der Waals surface area contributed by atoms with Crippen LogP contribution >= 0.6 is 11.8 Å². The molecule has 2 aromatic rings. The minimum Gasteiger partial charge on any atom is -0.330 e. The van der Waals surface area contributed by atoms with Crippen molar-refractivity contribution >= 4 is 11.8 Å². The van der Waals surface area contributed by atoms with Crippen molar-refractivity contribution in [2.24, 2.45) is 5.73 Å². The van der Waals surface area contributed by atoms with Gasteiger partial charge in [0.25, 0.3) is 0 Å². The fourth-order valence-corrected chi connectivity index (χ4v) is 2.76. The fourth-order valence-electron chi connectivity index (χ4n) is 1.88. The number of nitrogens with two attached hydrogens (primary N) is 1. The van der Waals surface area contributed by atoms with E-state index in [0.29, 0.717) is 4.90 Å². The molecule has 0 heterocycles. The standard InChI is InChI=1S/C15H14F3NS/c16-15(17,18)14-10-13(7-6-11(14)8-9-19)20-12-4-2-1-3-5-12/h1-7,10H,8-9,19H2. The van der Waals surface area contributed by atoms with Crippen molar-refractivity contribution in [2.75, 3.05) is 6.54 Å². The Morgan fingerprint density at radius 1 is 0.950 bits per heavy atom. The summed E-state index contributed by atoms with van der Waals surface area (Å²) in [6.07, 6.45) is -4.12. The van der Waals surface area contributed by atoms with Crippen molar-refractivity contribution in [1.29, 1.82) is 0 Å². The van der Waals surface area contributed by atoms with Crippen LogP contribution in [0.1, 0.15) is 11.1 Å². The van der Waals surface area contributed by atoms with Gasteiger partial charge in [0.2, 0.25) is 0 Å². The lowest BCUT2D eigenvalue weighted by molar-refractivity contribution is -0.138. The van der Waals surface area contributed by atoms with Gasteiger partial charge in [-0.05, 0) is 42.8 Å². The van der Waals surface area contributed by atoms with Gasteiger partial charge in [-0.15, -0.1) is 0 Å². The smallest absolute Gasteiger partial charge is 0.330 e. The summed E-state index contributed by atoms with van der Waals surface area (Å²) in [6, 6.07) is 13.7. The lowest BCUT2D eigenvalue weighted by Gasteiger charge is -2.14. The highest BCUT2D eigenvalue weighted by Crippen LogP contribution is 2.36. The molecule has 0 unspecified atom stereocenters. The molecule has 0 fully saturated rings. The van der Waals surface area contributed by atoms with E-state index in [1.165, 1.54) is 23.9 Å². The lowest BCUT2D eigenvalue weighted by Crippen LogP contribution is -2.12. The molecule has 2 aromatic carbocycles. The molecule has 0 aromatic heterocycles. The van der Waals surface area contributed by atoms with Crippen molar-refractivity contribution in [3.05, 3.63) is 59.7 Å². The summed E-state index contributed by atoms with van der Waals surface area (Å²) in [5.74, 6) is 0. The number of hydrogen-bond donors (Lipinski definition) is 1. The van der Waals surface area contributed by atoms with E-state index in [2.05, 4.69) is 0 Å². The van der Waals surface area contributed by atoms with Crippen LogP contribution in [0.3, 0.4) is 0 Å². The molecule has 2 rings (SSSR count). The van der Waals surface area contributed by atoms with Gasteiger partial charge >= 0.3 is 6.18 Å². The predicted molar refractivity (Wildman–Crippen MR) is 74.8 cm³/mol. The van der Waals surface area contributed by atoms with Gasteiger partial charge in [-0.25, -0.2) is 0 Å². The third-order valence-electron chi connectivity index (χ3n) is 2.78. The highest BCUT2D eigenvalue weighted by molar-refractivity contribution is 7.99. The first-order valence-corrected chi connectivity index (χ1v) is 6.95. The van der Waals surface area contributed by atoms with E-state index < -0.39 is 11.7 Å². The molecule has 0 amide bonds. The van der Waals surface area contributed by atoms with Gasteiger partial charge in [-0.1, -0.05) is 36.0 Å². The van der Waals surface area contributed by atoms with Gasteiger partial charge in [0, 0.05) is 9.79 Å². The SMILES string of the molecule is NCCc1ccc(Sc2ccccc2)cc1C(F)(F)F. The lowest BCUT2D eigenvalue weighted by atomic mass is 10.0. The Bertz CT molecular complexity index is 567. The van der Waals surface area contributed by atoms with E-state index in [9.17, 15) is 13.2 Å². The summed E-state index contributed by atoms with van der Waals surface area (Å²) in [7, 11) is 0. The van der Waals surface area contributed by atoms with Gasteiger partial charge in [0.15, 0.2) is 0 Å². The first-order valence-electron chi connectivity index (χ1n) is 6.14. The Balaban J connectivity index is 2.32. The van der Waals surface area contributed by atoms with Crippen molar-refractivity contribution in [3.63, 3.8) is 0 Å². The largest absolute Gasteiger partial charge is 0.416 e. The average Bonchev–Trinajstić information content (AvgIpc) is 2.41. The van der Waals surface area contributed by atoms with Crippen molar-refractivity contribution in [2.45, 2.75) is 22.4 Å². The van der Waals surface area contributed by atoms with Crippen LogP contribution in [0.5, 0.6) is 0 Å². The molecule has 0 atom stereocenters. The molecular formula is C15H14F3NS. The number of benzene rings is 2. The molecule has 5 heteroatoms. The van der Waals surface area contributed by atoms with Crippen LogP contribution in [0.15, 0.2) is 58.3 Å². The summed E-state index contributed by atoms with van der Waals surface area (Å²) < 4.78 is 39.1. The monoisotopic (exact) mass is 297 g/mol. The van der Waals surface area contributed by atoms with E-state index in [-0.39, 0.29) is 18.5 Å². The van der Waals surface area contributed by atoms with E-state index in [1.54, 1.807) is 6.07 Å². The Morgan fingerprint density at radius 3 is 2.25 bits per heavy atom. The highest BCUT2D eigenvalue weighted by Gasteiger charge is 2.33. The zero-order valence-electron chi connectivity index (χ0n) is 10.7. The van der Waals surface area contributed by atoms with Gasteiger partial charge in [0.05, 0.1) is 5.56 Å². The van der Waals surface area contributed by atoms with E-state index in [4.69, 9.17) is 5.73 Å². The number of rotatable bonds is 4. The van der Waals surface area contributed by atoms with Crippen LogP contribution in [0.2, 0.25) is 0 Å². The third-order valence-corrected chi connectivity index (χ3v) is 3.78. The number of alkyl halides is 3. The van der Waals surface area contributed by atoms with Crippen molar-refractivity contribution < 1.29 is 13.2 Å². The quantitative estimate of drug-likeness (QED) is 0.907. The summed E-state index contributed by atoms with van der Waals surface area (Å²) in [4.78, 5) is 1.48. The molecule has 0 saturated carbocycles. The maximum atomic E-state index is 13.0. The molecule has 0 bridgehead atoms. The van der Waals surface area contributed by atoms with Crippen LogP contribution in [0.4, 0.5) is 13.2 Å². The second kappa shape index (κ2) is 6.33. The van der Waals surface area contributed by atoms with Crippen molar-refractivity contribution in [1.82, 2.24) is 0 Å². The summed E-state index contributed by atoms with van der Waals surface area (Å²) in [5, 5.41) is 0. The van der Waals surface area contributed by atoms with E-state index in [1.807, 2.05) is 30.3 Å². The van der Waals surface area contributed by atoms with Gasteiger partial charge < -0.3 is 5.73 Å². The molecule has 20 heavy (non-hydrogen) atoms. The number of halogens is 3. The molecule has 0 radical (unpaired) electrons. The highest BCUT2D eigenvalue weighted by atomic mass is 32.2. The second-order valence-corrected chi connectivity index (χ2v) is 5.42. The summed E-state index contributed by atoms with van der Waals surface area (Å²) >= 11 is 1.31.